The molecule has 1 aliphatic rings. The fourth-order valence-corrected chi connectivity index (χ4v) is 3.17. The quantitative estimate of drug-likeness (QED) is 0.756. The Morgan fingerprint density at radius 2 is 2.06 bits per heavy atom. The van der Waals surface area contributed by atoms with Crippen molar-refractivity contribution in [2.24, 2.45) is 0 Å². The van der Waals surface area contributed by atoms with Gasteiger partial charge in [-0.2, -0.15) is 0 Å². The monoisotopic (exact) mass is 266 g/mol. The van der Waals surface area contributed by atoms with Crippen molar-refractivity contribution >= 4 is 17.3 Å². The number of halogens is 1. The van der Waals surface area contributed by atoms with Gasteiger partial charge >= 0.3 is 0 Å². The van der Waals surface area contributed by atoms with Crippen LogP contribution in [0.1, 0.15) is 50.3 Å². The highest BCUT2D eigenvalue weighted by molar-refractivity contribution is 6.17. The van der Waals surface area contributed by atoms with Crippen LogP contribution >= 0.6 is 11.6 Å². The van der Waals surface area contributed by atoms with Crippen molar-refractivity contribution in [2.45, 2.75) is 57.9 Å². The molecule has 1 saturated carbocycles. The Morgan fingerprint density at radius 1 is 1.33 bits per heavy atom. The van der Waals surface area contributed by atoms with E-state index in [4.69, 9.17) is 11.6 Å². The summed E-state index contributed by atoms with van der Waals surface area (Å²) in [6, 6.07) is 2.88. The number of aryl methyl sites for hydroxylation is 1. The molecule has 0 aliphatic heterocycles. The Morgan fingerprint density at radius 3 is 2.67 bits per heavy atom. The minimum Gasteiger partial charge on any atom is -0.368 e. The lowest BCUT2D eigenvalue weighted by molar-refractivity contribution is 0.417. The molecular formula is C15H23ClN2. The summed E-state index contributed by atoms with van der Waals surface area (Å²) in [5.41, 5.74) is 3.54. The van der Waals surface area contributed by atoms with Crippen molar-refractivity contribution in [1.29, 1.82) is 0 Å². The van der Waals surface area contributed by atoms with Crippen LogP contribution in [-0.2, 0) is 5.88 Å². The lowest BCUT2D eigenvalue weighted by atomic mass is 9.93. The fraction of sp³-hybridized carbons (Fsp3) is 0.667. The summed E-state index contributed by atoms with van der Waals surface area (Å²) in [4.78, 5) is 6.89. The summed E-state index contributed by atoms with van der Waals surface area (Å²) in [6.45, 7) is 5.34. The predicted octanol–water partition coefficient (Wildman–Crippen LogP) is 4.29. The first-order valence-electron chi connectivity index (χ1n) is 7.04. The lowest BCUT2D eigenvalue weighted by Crippen LogP contribution is -2.37. The van der Waals surface area contributed by atoms with Crippen molar-refractivity contribution in [3.8, 4) is 0 Å². The van der Waals surface area contributed by atoms with Crippen LogP contribution in [0.25, 0.3) is 0 Å². The number of rotatable bonds is 4. The van der Waals surface area contributed by atoms with Gasteiger partial charge in [-0.05, 0) is 32.8 Å². The van der Waals surface area contributed by atoms with Crippen LogP contribution in [0.3, 0.4) is 0 Å². The summed E-state index contributed by atoms with van der Waals surface area (Å²) < 4.78 is 0. The van der Waals surface area contributed by atoms with Gasteiger partial charge in [-0.1, -0.05) is 19.3 Å². The first kappa shape index (κ1) is 13.7. The largest absolute Gasteiger partial charge is 0.368 e. The summed E-state index contributed by atoms with van der Waals surface area (Å²) in [7, 11) is 0. The van der Waals surface area contributed by atoms with Crippen molar-refractivity contribution in [1.82, 2.24) is 4.98 Å². The Labute approximate surface area is 115 Å². The highest BCUT2D eigenvalue weighted by Crippen LogP contribution is 2.30. The maximum atomic E-state index is 6.06. The van der Waals surface area contributed by atoms with E-state index in [-0.39, 0.29) is 0 Å². The zero-order valence-electron chi connectivity index (χ0n) is 11.5. The Bertz CT molecular complexity index is 386. The van der Waals surface area contributed by atoms with E-state index in [1.807, 2.05) is 6.20 Å². The third-order valence-corrected chi connectivity index (χ3v) is 4.20. The van der Waals surface area contributed by atoms with E-state index in [0.29, 0.717) is 11.9 Å². The standard InChI is InChI=1S/C15H23ClN2/c1-3-18(14-7-5-4-6-8-14)15-9-12(2)17-11-13(15)10-16/h9,11,14H,3-8,10H2,1-2H3. The fourth-order valence-electron chi connectivity index (χ4n) is 2.96. The number of aromatic nitrogens is 1. The average Bonchev–Trinajstić information content (AvgIpc) is 2.41. The first-order valence-corrected chi connectivity index (χ1v) is 7.57. The molecule has 0 unspecified atom stereocenters. The lowest BCUT2D eigenvalue weighted by Gasteiger charge is -2.36. The molecule has 1 aliphatic carbocycles. The molecule has 0 spiro atoms. The van der Waals surface area contributed by atoms with Gasteiger partial charge in [0, 0.05) is 35.7 Å². The normalized spacial score (nSPS) is 16.8. The molecule has 1 heterocycles. The molecule has 1 aromatic rings. The number of hydrogen-bond acceptors (Lipinski definition) is 2. The molecule has 0 bridgehead atoms. The van der Waals surface area contributed by atoms with Gasteiger partial charge in [0.2, 0.25) is 0 Å². The summed E-state index contributed by atoms with van der Waals surface area (Å²) in [5.74, 6) is 0.547. The van der Waals surface area contributed by atoms with Crippen molar-refractivity contribution in [3.05, 3.63) is 23.5 Å². The molecule has 2 nitrogen and oxygen atoms in total. The summed E-state index contributed by atoms with van der Waals surface area (Å²) in [6.07, 6.45) is 8.69. The van der Waals surface area contributed by atoms with Crippen molar-refractivity contribution in [3.63, 3.8) is 0 Å². The van der Waals surface area contributed by atoms with Gasteiger partial charge in [-0.3, -0.25) is 4.98 Å². The summed E-state index contributed by atoms with van der Waals surface area (Å²) >= 11 is 6.06. The summed E-state index contributed by atoms with van der Waals surface area (Å²) in [5, 5.41) is 0. The van der Waals surface area contributed by atoms with E-state index < -0.39 is 0 Å². The molecular weight excluding hydrogens is 244 g/mol. The zero-order chi connectivity index (χ0) is 13.0. The van der Waals surface area contributed by atoms with Crippen LogP contribution in [0.15, 0.2) is 12.3 Å². The third kappa shape index (κ3) is 2.97. The van der Waals surface area contributed by atoms with E-state index in [9.17, 15) is 0 Å². The van der Waals surface area contributed by atoms with Gasteiger partial charge < -0.3 is 4.90 Å². The van der Waals surface area contributed by atoms with Gasteiger partial charge in [0.05, 0.1) is 5.88 Å². The van der Waals surface area contributed by atoms with Crippen molar-refractivity contribution < 1.29 is 0 Å². The molecule has 3 heteroatoms. The van der Waals surface area contributed by atoms with E-state index in [0.717, 1.165) is 17.8 Å². The second kappa shape index (κ2) is 6.42. The minimum absolute atomic E-state index is 0.547. The van der Waals surface area contributed by atoms with E-state index in [1.54, 1.807) is 0 Å². The Hall–Kier alpha value is -0.760. The number of pyridine rings is 1. The van der Waals surface area contributed by atoms with E-state index >= 15 is 0 Å². The van der Waals surface area contributed by atoms with Gasteiger partial charge in [0.25, 0.3) is 0 Å². The number of nitrogens with zero attached hydrogens (tertiary/aromatic N) is 2. The van der Waals surface area contributed by atoms with Gasteiger partial charge in [0.15, 0.2) is 0 Å². The third-order valence-electron chi connectivity index (χ3n) is 3.91. The molecule has 0 amide bonds. The second-order valence-electron chi connectivity index (χ2n) is 5.17. The maximum Gasteiger partial charge on any atom is 0.0509 e. The SMILES string of the molecule is CCN(c1cc(C)ncc1CCl)C1CCCCC1. The smallest absolute Gasteiger partial charge is 0.0509 e. The number of hydrogen-bond donors (Lipinski definition) is 0. The van der Waals surface area contributed by atoms with E-state index in [2.05, 4.69) is 29.8 Å². The highest BCUT2D eigenvalue weighted by Gasteiger charge is 2.22. The molecule has 0 saturated heterocycles. The molecule has 0 atom stereocenters. The molecule has 1 aromatic heterocycles. The molecule has 2 rings (SSSR count). The van der Waals surface area contributed by atoms with Crippen LogP contribution < -0.4 is 4.90 Å². The number of alkyl halides is 1. The van der Waals surface area contributed by atoms with Crippen LogP contribution in [0.2, 0.25) is 0 Å². The van der Waals surface area contributed by atoms with Gasteiger partial charge in [-0.15, -0.1) is 11.6 Å². The second-order valence-corrected chi connectivity index (χ2v) is 5.43. The highest BCUT2D eigenvalue weighted by atomic mass is 35.5. The van der Waals surface area contributed by atoms with Crippen LogP contribution in [0, 0.1) is 6.92 Å². The van der Waals surface area contributed by atoms with Gasteiger partial charge in [-0.25, -0.2) is 0 Å². The van der Waals surface area contributed by atoms with Gasteiger partial charge in [0.1, 0.15) is 0 Å². The topological polar surface area (TPSA) is 16.1 Å². The van der Waals surface area contributed by atoms with Crippen LogP contribution in [0.5, 0.6) is 0 Å². The molecule has 0 aromatic carbocycles. The molecule has 18 heavy (non-hydrogen) atoms. The Kier molecular flexibility index (Phi) is 4.87. The first-order chi connectivity index (χ1) is 8.76. The maximum absolute atomic E-state index is 6.06. The van der Waals surface area contributed by atoms with Crippen LogP contribution in [0.4, 0.5) is 5.69 Å². The number of anilines is 1. The Balaban J connectivity index is 2.27. The molecule has 1 fully saturated rings. The molecule has 0 radical (unpaired) electrons. The minimum atomic E-state index is 0.547. The van der Waals surface area contributed by atoms with Crippen molar-refractivity contribution in [2.75, 3.05) is 11.4 Å². The van der Waals surface area contributed by atoms with Crippen LogP contribution in [-0.4, -0.2) is 17.6 Å². The average molecular weight is 267 g/mol. The van der Waals surface area contributed by atoms with E-state index in [1.165, 1.54) is 37.8 Å². The predicted molar refractivity (Wildman–Crippen MR) is 78.4 cm³/mol. The molecule has 100 valence electrons. The zero-order valence-corrected chi connectivity index (χ0v) is 12.2. The molecule has 0 N–H and O–H groups in total.